The second kappa shape index (κ2) is 9.98. The summed E-state index contributed by atoms with van der Waals surface area (Å²) in [5.41, 5.74) is 2.44. The summed E-state index contributed by atoms with van der Waals surface area (Å²) < 4.78 is 0. The summed E-state index contributed by atoms with van der Waals surface area (Å²) in [6, 6.07) is 10.8. The maximum Gasteiger partial charge on any atom is 0.191 e. The fourth-order valence-corrected chi connectivity index (χ4v) is 3.23. The lowest BCUT2D eigenvalue weighted by atomic mass is 9.94. The largest absolute Gasteiger partial charge is 0.353 e. The molecule has 0 saturated carbocycles. The average molecular weight is 458 g/mol. The van der Waals surface area contributed by atoms with Gasteiger partial charge >= 0.3 is 0 Å². The Kier molecular flexibility index (Phi) is 8.69. The highest BCUT2D eigenvalue weighted by molar-refractivity contribution is 14.0. The van der Waals surface area contributed by atoms with E-state index in [1.54, 1.807) is 18.4 Å². The topological polar surface area (TPSA) is 49.3 Å². The number of hydrogen-bond donors (Lipinski definition) is 2. The van der Waals surface area contributed by atoms with Crippen LogP contribution in [0.3, 0.4) is 0 Å². The van der Waals surface area contributed by atoms with Crippen molar-refractivity contribution in [2.45, 2.75) is 46.2 Å². The normalized spacial score (nSPS) is 13.8. The summed E-state index contributed by atoms with van der Waals surface area (Å²) in [6.45, 7) is 9.26. The van der Waals surface area contributed by atoms with E-state index in [9.17, 15) is 0 Å². The molecule has 2 N–H and O–H groups in total. The summed E-state index contributed by atoms with van der Waals surface area (Å²) in [5.74, 6) is 1.21. The second-order valence-electron chi connectivity index (χ2n) is 5.81. The van der Waals surface area contributed by atoms with Gasteiger partial charge < -0.3 is 10.6 Å². The third-order valence-electron chi connectivity index (χ3n) is 4.14. The Bertz CT molecular complexity index is 635. The van der Waals surface area contributed by atoms with Crippen molar-refractivity contribution >= 4 is 41.3 Å². The maximum atomic E-state index is 4.55. The lowest BCUT2D eigenvalue weighted by Gasteiger charge is -2.23. The molecule has 0 fully saturated rings. The molecule has 2 atom stereocenters. The highest BCUT2D eigenvalue weighted by Gasteiger charge is 2.15. The summed E-state index contributed by atoms with van der Waals surface area (Å²) in [7, 11) is 1.80. The van der Waals surface area contributed by atoms with Crippen molar-refractivity contribution in [3.05, 3.63) is 51.5 Å². The van der Waals surface area contributed by atoms with E-state index in [1.165, 1.54) is 10.4 Å². The van der Waals surface area contributed by atoms with E-state index in [1.807, 2.05) is 13.0 Å². The molecule has 0 aliphatic heterocycles. The van der Waals surface area contributed by atoms with Crippen molar-refractivity contribution in [3.63, 3.8) is 0 Å². The molecule has 0 saturated heterocycles. The van der Waals surface area contributed by atoms with E-state index >= 15 is 0 Å². The van der Waals surface area contributed by atoms with Gasteiger partial charge in [0.25, 0.3) is 0 Å². The highest BCUT2D eigenvalue weighted by atomic mass is 127. The van der Waals surface area contributed by atoms with Crippen molar-refractivity contribution in [3.8, 4) is 0 Å². The van der Waals surface area contributed by atoms with Gasteiger partial charge in [0, 0.05) is 23.9 Å². The smallest absolute Gasteiger partial charge is 0.191 e. The molecule has 2 rings (SSSR count). The fraction of sp³-hybridized carbons (Fsp3) is 0.444. The predicted molar refractivity (Wildman–Crippen MR) is 115 cm³/mol. The van der Waals surface area contributed by atoms with Crippen LogP contribution in [0.5, 0.6) is 0 Å². The molecule has 1 heterocycles. The van der Waals surface area contributed by atoms with Crippen LogP contribution in [0.2, 0.25) is 0 Å². The molecule has 6 heteroatoms. The van der Waals surface area contributed by atoms with Gasteiger partial charge in [0.2, 0.25) is 0 Å². The number of nitrogens with one attached hydrogen (secondary N) is 2. The molecule has 4 nitrogen and oxygen atoms in total. The average Bonchev–Trinajstić information content (AvgIpc) is 2.89. The number of hydrogen-bond acceptors (Lipinski definition) is 3. The molecule has 0 radical (unpaired) electrons. The first-order valence-corrected chi connectivity index (χ1v) is 8.78. The highest BCUT2D eigenvalue weighted by Crippen LogP contribution is 2.18. The standard InChI is InChI=1S/C18H26N4S.HI/c1-12(16-9-7-6-8-10-16)13(2)22-18(19-5)20-11-17-21-14(3)15(4)23-17;/h6-10,12-13H,11H2,1-5H3,(H2,19,20,22);1H. The van der Waals surface area contributed by atoms with Crippen molar-refractivity contribution in [2.75, 3.05) is 7.05 Å². The number of rotatable bonds is 5. The van der Waals surface area contributed by atoms with Gasteiger partial charge in [0.05, 0.1) is 12.2 Å². The predicted octanol–water partition coefficient (Wildman–Crippen LogP) is 4.24. The van der Waals surface area contributed by atoms with Gasteiger partial charge in [-0.1, -0.05) is 37.3 Å². The zero-order valence-electron chi connectivity index (χ0n) is 15.0. The Hall–Kier alpha value is -1.15. The third-order valence-corrected chi connectivity index (χ3v) is 5.22. The summed E-state index contributed by atoms with van der Waals surface area (Å²) in [5, 5.41) is 7.91. The molecular weight excluding hydrogens is 431 g/mol. The second-order valence-corrected chi connectivity index (χ2v) is 7.10. The van der Waals surface area contributed by atoms with Gasteiger partial charge in [-0.25, -0.2) is 4.98 Å². The van der Waals surface area contributed by atoms with Gasteiger partial charge in [0.1, 0.15) is 5.01 Å². The Morgan fingerprint density at radius 3 is 2.42 bits per heavy atom. The molecule has 1 aromatic carbocycles. The molecule has 24 heavy (non-hydrogen) atoms. The van der Waals surface area contributed by atoms with Crippen LogP contribution in [0, 0.1) is 13.8 Å². The van der Waals surface area contributed by atoms with E-state index in [0.29, 0.717) is 12.5 Å². The number of aryl methyl sites for hydroxylation is 2. The molecule has 0 amide bonds. The summed E-state index contributed by atoms with van der Waals surface area (Å²) in [4.78, 5) is 10.1. The Labute approximate surface area is 166 Å². The fourth-order valence-electron chi connectivity index (χ4n) is 2.35. The van der Waals surface area contributed by atoms with E-state index < -0.39 is 0 Å². The van der Waals surface area contributed by atoms with E-state index in [4.69, 9.17) is 0 Å². The van der Waals surface area contributed by atoms with Gasteiger partial charge in [-0.15, -0.1) is 35.3 Å². The first-order valence-electron chi connectivity index (χ1n) is 7.96. The first-order chi connectivity index (χ1) is 11.0. The van der Waals surface area contributed by atoms with Crippen LogP contribution >= 0.6 is 35.3 Å². The molecule has 0 spiro atoms. The van der Waals surface area contributed by atoms with E-state index in [-0.39, 0.29) is 30.0 Å². The molecule has 2 unspecified atom stereocenters. The Morgan fingerprint density at radius 2 is 1.88 bits per heavy atom. The molecular formula is C18H27IN4S. The molecule has 0 bridgehead atoms. The van der Waals surface area contributed by atoms with Crippen LogP contribution < -0.4 is 10.6 Å². The van der Waals surface area contributed by atoms with Gasteiger partial charge in [0.15, 0.2) is 5.96 Å². The molecule has 2 aromatic rings. The zero-order valence-corrected chi connectivity index (χ0v) is 18.1. The van der Waals surface area contributed by atoms with Gasteiger partial charge in [-0.2, -0.15) is 0 Å². The number of aliphatic imine (C=N–C) groups is 1. The third kappa shape index (κ3) is 5.73. The number of nitrogens with zero attached hydrogens (tertiary/aromatic N) is 2. The van der Waals surface area contributed by atoms with Crippen LogP contribution in [0.4, 0.5) is 0 Å². The van der Waals surface area contributed by atoms with Crippen molar-refractivity contribution in [1.29, 1.82) is 0 Å². The minimum Gasteiger partial charge on any atom is -0.353 e. The van der Waals surface area contributed by atoms with Crippen LogP contribution in [-0.2, 0) is 6.54 Å². The van der Waals surface area contributed by atoms with Crippen LogP contribution in [0.15, 0.2) is 35.3 Å². The van der Waals surface area contributed by atoms with Crippen molar-refractivity contribution < 1.29 is 0 Å². The number of halogens is 1. The number of aromatic nitrogens is 1. The van der Waals surface area contributed by atoms with E-state index in [2.05, 4.69) is 65.6 Å². The maximum absolute atomic E-state index is 4.55. The molecule has 132 valence electrons. The molecule has 0 aliphatic rings. The Balaban J connectivity index is 0.00000288. The number of thiazole rings is 1. The van der Waals surface area contributed by atoms with Crippen molar-refractivity contribution in [1.82, 2.24) is 15.6 Å². The van der Waals surface area contributed by atoms with Crippen LogP contribution in [0.1, 0.15) is 40.9 Å². The lowest BCUT2D eigenvalue weighted by molar-refractivity contribution is 0.550. The van der Waals surface area contributed by atoms with Crippen LogP contribution in [-0.4, -0.2) is 24.0 Å². The monoisotopic (exact) mass is 458 g/mol. The lowest BCUT2D eigenvalue weighted by Crippen LogP contribution is -2.43. The van der Waals surface area contributed by atoms with Gasteiger partial charge in [-0.3, -0.25) is 4.99 Å². The van der Waals surface area contributed by atoms with Gasteiger partial charge in [-0.05, 0) is 26.3 Å². The van der Waals surface area contributed by atoms with Crippen molar-refractivity contribution in [2.24, 2.45) is 4.99 Å². The minimum absolute atomic E-state index is 0. The molecule has 1 aromatic heterocycles. The Morgan fingerprint density at radius 1 is 1.21 bits per heavy atom. The molecule has 0 aliphatic carbocycles. The number of benzene rings is 1. The number of guanidine groups is 1. The SMILES string of the molecule is CN=C(NCc1nc(C)c(C)s1)NC(C)C(C)c1ccccc1.I. The minimum atomic E-state index is 0. The quantitative estimate of drug-likeness (QED) is 0.401. The van der Waals surface area contributed by atoms with E-state index in [0.717, 1.165) is 16.7 Å². The summed E-state index contributed by atoms with van der Waals surface area (Å²) >= 11 is 1.73. The first kappa shape index (κ1) is 20.9. The summed E-state index contributed by atoms with van der Waals surface area (Å²) in [6.07, 6.45) is 0. The van der Waals surface area contributed by atoms with Crippen LogP contribution in [0.25, 0.3) is 0 Å². The zero-order chi connectivity index (χ0) is 16.8.